The number of carboxylic acids is 2. The molecule has 1 atom stereocenters. The molecular formula is C10H16O5. The smallest absolute Gasteiger partial charge is 0.373 e. The van der Waals surface area contributed by atoms with Crippen LogP contribution in [0.2, 0.25) is 0 Å². The van der Waals surface area contributed by atoms with Crippen molar-refractivity contribution in [2.75, 3.05) is 0 Å². The first-order valence-electron chi connectivity index (χ1n) is 4.62. The SMILES string of the molecule is CC(C)C(C)(C)C(C(=O)O)C(=O)C(=O)O. The Hall–Kier alpha value is -1.39. The van der Waals surface area contributed by atoms with E-state index in [0.717, 1.165) is 0 Å². The Morgan fingerprint density at radius 1 is 1.07 bits per heavy atom. The number of rotatable bonds is 5. The van der Waals surface area contributed by atoms with Crippen molar-refractivity contribution in [2.24, 2.45) is 17.3 Å². The molecule has 0 radical (unpaired) electrons. The highest BCUT2D eigenvalue weighted by Gasteiger charge is 2.45. The van der Waals surface area contributed by atoms with Crippen LogP contribution in [-0.2, 0) is 14.4 Å². The minimum Gasteiger partial charge on any atom is -0.481 e. The maximum absolute atomic E-state index is 11.3. The Kier molecular flexibility index (Phi) is 4.01. The molecule has 0 aromatic rings. The molecule has 0 rings (SSSR count). The molecule has 2 N–H and O–H groups in total. The Balaban J connectivity index is 5.25. The molecule has 0 heterocycles. The molecule has 0 aliphatic carbocycles. The monoisotopic (exact) mass is 216 g/mol. The molecule has 0 aliphatic rings. The highest BCUT2D eigenvalue weighted by Crippen LogP contribution is 2.35. The number of carboxylic acid groups (broad SMARTS) is 2. The van der Waals surface area contributed by atoms with Gasteiger partial charge in [-0.05, 0) is 11.3 Å². The van der Waals surface area contributed by atoms with Crippen LogP contribution in [0.5, 0.6) is 0 Å². The summed E-state index contributed by atoms with van der Waals surface area (Å²) in [7, 11) is 0. The normalized spacial score (nSPS) is 13.7. The minimum atomic E-state index is -1.70. The third kappa shape index (κ3) is 2.78. The van der Waals surface area contributed by atoms with Crippen LogP contribution in [0.4, 0.5) is 0 Å². The van der Waals surface area contributed by atoms with Crippen molar-refractivity contribution in [1.29, 1.82) is 0 Å². The van der Waals surface area contributed by atoms with E-state index in [1.165, 1.54) is 0 Å². The van der Waals surface area contributed by atoms with Gasteiger partial charge in [0.05, 0.1) is 0 Å². The molecule has 0 bridgehead atoms. The van der Waals surface area contributed by atoms with E-state index in [0.29, 0.717) is 0 Å². The molecule has 0 amide bonds. The van der Waals surface area contributed by atoms with Crippen molar-refractivity contribution >= 4 is 17.7 Å². The maximum atomic E-state index is 11.3. The molecule has 0 aromatic heterocycles. The summed E-state index contributed by atoms with van der Waals surface area (Å²) in [5, 5.41) is 17.4. The zero-order chi connectivity index (χ0) is 12.4. The first-order valence-corrected chi connectivity index (χ1v) is 4.62. The molecule has 15 heavy (non-hydrogen) atoms. The van der Waals surface area contributed by atoms with Crippen LogP contribution < -0.4 is 0 Å². The van der Waals surface area contributed by atoms with Crippen molar-refractivity contribution in [2.45, 2.75) is 27.7 Å². The van der Waals surface area contributed by atoms with E-state index in [9.17, 15) is 14.4 Å². The summed E-state index contributed by atoms with van der Waals surface area (Å²) in [5.41, 5.74) is -0.888. The van der Waals surface area contributed by atoms with Crippen LogP contribution >= 0.6 is 0 Å². The van der Waals surface area contributed by atoms with E-state index in [1.54, 1.807) is 27.7 Å². The van der Waals surface area contributed by atoms with Gasteiger partial charge in [0.15, 0.2) is 0 Å². The van der Waals surface area contributed by atoms with Crippen LogP contribution in [0.1, 0.15) is 27.7 Å². The average Bonchev–Trinajstić information content (AvgIpc) is 2.02. The van der Waals surface area contributed by atoms with Crippen LogP contribution in [0, 0.1) is 17.3 Å². The minimum absolute atomic E-state index is 0.109. The Morgan fingerprint density at radius 3 is 1.67 bits per heavy atom. The lowest BCUT2D eigenvalue weighted by Gasteiger charge is -2.33. The van der Waals surface area contributed by atoms with E-state index >= 15 is 0 Å². The molecule has 5 heteroatoms. The topological polar surface area (TPSA) is 91.7 Å². The fourth-order valence-corrected chi connectivity index (χ4v) is 1.23. The molecule has 0 saturated heterocycles. The Bertz CT molecular complexity index is 290. The fourth-order valence-electron chi connectivity index (χ4n) is 1.23. The van der Waals surface area contributed by atoms with Crippen LogP contribution in [0.15, 0.2) is 0 Å². The standard InChI is InChI=1S/C10H16O5/c1-5(2)10(3,4)6(8(12)13)7(11)9(14)15/h5-6H,1-4H3,(H,12,13)(H,14,15). The fraction of sp³-hybridized carbons (Fsp3) is 0.700. The third-order valence-electron chi connectivity index (χ3n) is 2.95. The predicted molar refractivity (Wildman–Crippen MR) is 52.4 cm³/mol. The van der Waals surface area contributed by atoms with Gasteiger partial charge in [0.1, 0.15) is 5.92 Å². The summed E-state index contributed by atoms with van der Waals surface area (Å²) in [5.74, 6) is -5.96. The van der Waals surface area contributed by atoms with E-state index in [2.05, 4.69) is 0 Å². The highest BCUT2D eigenvalue weighted by atomic mass is 16.4. The molecule has 0 spiro atoms. The molecule has 0 aromatic carbocycles. The summed E-state index contributed by atoms with van der Waals surface area (Å²) in [4.78, 5) is 32.7. The van der Waals surface area contributed by atoms with Gasteiger partial charge < -0.3 is 10.2 Å². The lowest BCUT2D eigenvalue weighted by Crippen LogP contribution is -2.43. The second kappa shape index (κ2) is 4.42. The molecular weight excluding hydrogens is 200 g/mol. The molecule has 0 fully saturated rings. The van der Waals surface area contributed by atoms with Crippen molar-refractivity contribution in [3.63, 3.8) is 0 Å². The quantitative estimate of drug-likeness (QED) is 0.528. The number of carbonyl (C=O) groups excluding carboxylic acids is 1. The van der Waals surface area contributed by atoms with Gasteiger partial charge in [-0.2, -0.15) is 0 Å². The van der Waals surface area contributed by atoms with Gasteiger partial charge in [-0.1, -0.05) is 27.7 Å². The number of ketones is 1. The van der Waals surface area contributed by atoms with E-state index in [-0.39, 0.29) is 5.92 Å². The Labute approximate surface area is 88.1 Å². The maximum Gasteiger partial charge on any atom is 0.373 e. The second-order valence-electron chi connectivity index (χ2n) is 4.42. The first-order chi connectivity index (χ1) is 6.62. The summed E-state index contributed by atoms with van der Waals surface area (Å²) >= 11 is 0. The largest absolute Gasteiger partial charge is 0.481 e. The predicted octanol–water partition coefficient (Wildman–Crippen LogP) is 1.02. The summed E-state index contributed by atoms with van der Waals surface area (Å²) in [6.07, 6.45) is 0. The van der Waals surface area contributed by atoms with Gasteiger partial charge in [0, 0.05) is 0 Å². The van der Waals surface area contributed by atoms with Gasteiger partial charge in [0.2, 0.25) is 0 Å². The number of aliphatic carboxylic acids is 2. The number of hydrogen-bond acceptors (Lipinski definition) is 3. The van der Waals surface area contributed by atoms with Crippen molar-refractivity contribution in [1.82, 2.24) is 0 Å². The molecule has 1 unspecified atom stereocenters. The Morgan fingerprint density at radius 2 is 1.47 bits per heavy atom. The lowest BCUT2D eigenvalue weighted by molar-refractivity contribution is -0.162. The first kappa shape index (κ1) is 13.6. The zero-order valence-corrected chi connectivity index (χ0v) is 9.27. The zero-order valence-electron chi connectivity index (χ0n) is 9.27. The lowest BCUT2D eigenvalue weighted by atomic mass is 9.69. The van der Waals surface area contributed by atoms with Gasteiger partial charge in [0.25, 0.3) is 5.78 Å². The van der Waals surface area contributed by atoms with Gasteiger partial charge in [-0.25, -0.2) is 4.79 Å². The van der Waals surface area contributed by atoms with E-state index in [1.807, 2.05) is 0 Å². The number of carbonyl (C=O) groups is 3. The summed E-state index contributed by atoms with van der Waals surface area (Å²) in [6.45, 7) is 6.67. The van der Waals surface area contributed by atoms with Crippen molar-refractivity contribution < 1.29 is 24.6 Å². The second-order valence-corrected chi connectivity index (χ2v) is 4.42. The van der Waals surface area contributed by atoms with Gasteiger partial charge in [-0.15, -0.1) is 0 Å². The molecule has 5 nitrogen and oxygen atoms in total. The average molecular weight is 216 g/mol. The van der Waals surface area contributed by atoms with Crippen LogP contribution in [0.25, 0.3) is 0 Å². The van der Waals surface area contributed by atoms with E-state index < -0.39 is 29.1 Å². The molecule has 0 saturated carbocycles. The summed E-state index contributed by atoms with van der Waals surface area (Å²) < 4.78 is 0. The van der Waals surface area contributed by atoms with Gasteiger partial charge >= 0.3 is 11.9 Å². The van der Waals surface area contributed by atoms with Crippen LogP contribution in [0.3, 0.4) is 0 Å². The molecule has 0 aliphatic heterocycles. The van der Waals surface area contributed by atoms with Crippen molar-refractivity contribution in [3.05, 3.63) is 0 Å². The van der Waals surface area contributed by atoms with E-state index in [4.69, 9.17) is 10.2 Å². The van der Waals surface area contributed by atoms with Gasteiger partial charge in [-0.3, -0.25) is 9.59 Å². The number of Topliss-reactive ketones (excluding diaryl/α,β-unsaturated/α-hetero) is 1. The highest BCUT2D eigenvalue weighted by molar-refractivity contribution is 6.37. The van der Waals surface area contributed by atoms with Crippen molar-refractivity contribution in [3.8, 4) is 0 Å². The summed E-state index contributed by atoms with van der Waals surface area (Å²) in [6, 6.07) is 0. The third-order valence-corrected chi connectivity index (χ3v) is 2.95. The number of hydrogen-bond donors (Lipinski definition) is 2. The molecule has 86 valence electrons. The van der Waals surface area contributed by atoms with Crippen LogP contribution in [-0.4, -0.2) is 27.9 Å².